The summed E-state index contributed by atoms with van der Waals surface area (Å²) in [6.07, 6.45) is 0. The lowest BCUT2D eigenvalue weighted by molar-refractivity contribution is -0.118. The van der Waals surface area contributed by atoms with Gasteiger partial charge in [-0.1, -0.05) is 29.8 Å². The molecule has 0 radical (unpaired) electrons. The summed E-state index contributed by atoms with van der Waals surface area (Å²) < 4.78 is 0. The van der Waals surface area contributed by atoms with Gasteiger partial charge in [-0.3, -0.25) is 9.59 Å². The highest BCUT2D eigenvalue weighted by molar-refractivity contribution is 8.00. The second-order valence-electron chi connectivity index (χ2n) is 4.71. The van der Waals surface area contributed by atoms with Crippen LogP contribution in [-0.2, 0) is 4.79 Å². The largest absolute Gasteiger partial charge is 0.354 e. The van der Waals surface area contributed by atoms with E-state index < -0.39 is 0 Å². The van der Waals surface area contributed by atoms with Gasteiger partial charge in [-0.05, 0) is 36.4 Å². The molecule has 2 amide bonds. The van der Waals surface area contributed by atoms with Crippen molar-refractivity contribution in [2.45, 2.75) is 4.90 Å². The molecule has 2 aromatic carbocycles. The molecule has 0 saturated heterocycles. The molecule has 23 heavy (non-hydrogen) atoms. The minimum absolute atomic E-state index is 0.0559. The van der Waals surface area contributed by atoms with Gasteiger partial charge in [0.2, 0.25) is 5.91 Å². The van der Waals surface area contributed by atoms with Gasteiger partial charge in [0.1, 0.15) is 0 Å². The number of nitrogens with one attached hydrogen (secondary N) is 2. The van der Waals surface area contributed by atoms with Crippen molar-refractivity contribution in [1.82, 2.24) is 10.6 Å². The van der Waals surface area contributed by atoms with Crippen LogP contribution in [0.3, 0.4) is 0 Å². The Labute approximate surface area is 144 Å². The highest BCUT2D eigenvalue weighted by Crippen LogP contribution is 2.16. The van der Waals surface area contributed by atoms with Crippen molar-refractivity contribution in [2.75, 3.05) is 18.8 Å². The van der Waals surface area contributed by atoms with E-state index >= 15 is 0 Å². The molecule has 0 atom stereocenters. The number of rotatable bonds is 7. The molecule has 2 rings (SSSR count). The maximum Gasteiger partial charge on any atom is 0.251 e. The Bertz CT molecular complexity index is 647. The van der Waals surface area contributed by atoms with Crippen LogP contribution in [-0.4, -0.2) is 30.7 Å². The summed E-state index contributed by atoms with van der Waals surface area (Å²) in [5, 5.41) is 6.10. The van der Waals surface area contributed by atoms with Crippen LogP contribution in [0.1, 0.15) is 10.4 Å². The van der Waals surface area contributed by atoms with Crippen molar-refractivity contribution in [3.8, 4) is 0 Å². The van der Waals surface area contributed by atoms with Gasteiger partial charge in [0, 0.05) is 28.6 Å². The predicted octanol–water partition coefficient (Wildman–Crippen LogP) is 2.98. The van der Waals surface area contributed by atoms with Crippen LogP contribution in [0.25, 0.3) is 0 Å². The second kappa shape index (κ2) is 9.22. The molecule has 0 spiro atoms. The Balaban J connectivity index is 1.62. The van der Waals surface area contributed by atoms with E-state index in [-0.39, 0.29) is 11.8 Å². The van der Waals surface area contributed by atoms with Crippen LogP contribution in [0, 0.1) is 0 Å². The second-order valence-corrected chi connectivity index (χ2v) is 6.20. The molecule has 2 aromatic rings. The first-order valence-electron chi connectivity index (χ1n) is 7.13. The third-order valence-corrected chi connectivity index (χ3v) is 4.22. The molecule has 0 aliphatic carbocycles. The molecule has 4 nitrogen and oxygen atoms in total. The zero-order chi connectivity index (χ0) is 16.5. The number of amides is 2. The van der Waals surface area contributed by atoms with Crippen molar-refractivity contribution in [1.29, 1.82) is 0 Å². The number of hydrogen-bond donors (Lipinski definition) is 2. The Kier molecular flexibility index (Phi) is 6.97. The fourth-order valence-electron chi connectivity index (χ4n) is 1.80. The van der Waals surface area contributed by atoms with Gasteiger partial charge in [-0.15, -0.1) is 11.8 Å². The first kappa shape index (κ1) is 17.4. The van der Waals surface area contributed by atoms with Crippen molar-refractivity contribution in [3.63, 3.8) is 0 Å². The Morgan fingerprint density at radius 3 is 2.26 bits per heavy atom. The molecule has 0 fully saturated rings. The lowest BCUT2D eigenvalue weighted by atomic mass is 10.2. The molecule has 0 aromatic heterocycles. The summed E-state index contributed by atoms with van der Waals surface area (Å²) in [7, 11) is 0. The van der Waals surface area contributed by atoms with Crippen LogP contribution >= 0.6 is 23.4 Å². The molecular formula is C17H17ClN2O2S. The van der Waals surface area contributed by atoms with Crippen molar-refractivity contribution in [3.05, 3.63) is 65.2 Å². The quantitative estimate of drug-likeness (QED) is 0.597. The SMILES string of the molecule is O=C(CSc1ccccc1)NCCNC(=O)c1ccc(Cl)cc1. The maximum atomic E-state index is 11.8. The highest BCUT2D eigenvalue weighted by Gasteiger charge is 2.05. The molecular weight excluding hydrogens is 332 g/mol. The smallest absolute Gasteiger partial charge is 0.251 e. The third-order valence-electron chi connectivity index (χ3n) is 2.95. The number of benzene rings is 2. The van der Waals surface area contributed by atoms with Gasteiger partial charge in [0.15, 0.2) is 0 Å². The van der Waals surface area contributed by atoms with Crippen LogP contribution in [0.15, 0.2) is 59.5 Å². The zero-order valence-electron chi connectivity index (χ0n) is 12.4. The Morgan fingerprint density at radius 1 is 0.913 bits per heavy atom. The summed E-state index contributed by atoms with van der Waals surface area (Å²) >= 11 is 7.25. The molecule has 0 aliphatic heterocycles. The number of carbonyl (C=O) groups excluding carboxylic acids is 2. The summed E-state index contributed by atoms with van der Waals surface area (Å²) in [5.74, 6) is 0.115. The van der Waals surface area contributed by atoms with E-state index in [2.05, 4.69) is 10.6 Å². The number of thioether (sulfide) groups is 1. The molecule has 0 saturated carbocycles. The summed E-state index contributed by atoms with van der Waals surface area (Å²) in [4.78, 5) is 24.6. The monoisotopic (exact) mass is 348 g/mol. The minimum Gasteiger partial charge on any atom is -0.354 e. The van der Waals surface area contributed by atoms with E-state index in [1.54, 1.807) is 24.3 Å². The highest BCUT2D eigenvalue weighted by atomic mass is 35.5. The van der Waals surface area contributed by atoms with Crippen molar-refractivity contribution in [2.24, 2.45) is 0 Å². The average molecular weight is 349 g/mol. The van der Waals surface area contributed by atoms with Gasteiger partial charge in [-0.25, -0.2) is 0 Å². The first-order chi connectivity index (χ1) is 11.1. The van der Waals surface area contributed by atoms with Crippen molar-refractivity contribution >= 4 is 35.2 Å². The average Bonchev–Trinajstić information content (AvgIpc) is 2.58. The molecule has 0 heterocycles. The lowest BCUT2D eigenvalue weighted by Gasteiger charge is -2.07. The third kappa shape index (κ3) is 6.34. The van der Waals surface area contributed by atoms with E-state index in [9.17, 15) is 9.59 Å². The van der Waals surface area contributed by atoms with Crippen LogP contribution in [0.2, 0.25) is 5.02 Å². The van der Waals surface area contributed by atoms with Crippen LogP contribution in [0.5, 0.6) is 0 Å². The maximum absolute atomic E-state index is 11.8. The Hall–Kier alpha value is -1.98. The van der Waals surface area contributed by atoms with E-state index in [0.29, 0.717) is 29.4 Å². The van der Waals surface area contributed by atoms with Crippen molar-refractivity contribution < 1.29 is 9.59 Å². The fourth-order valence-corrected chi connectivity index (χ4v) is 2.67. The summed E-state index contributed by atoms with van der Waals surface area (Å²) in [5.41, 5.74) is 0.542. The molecule has 0 bridgehead atoms. The Morgan fingerprint density at radius 2 is 1.57 bits per heavy atom. The fraction of sp³-hybridized carbons (Fsp3) is 0.176. The van der Waals surface area contributed by atoms with Gasteiger partial charge in [-0.2, -0.15) is 0 Å². The van der Waals surface area contributed by atoms with E-state index in [4.69, 9.17) is 11.6 Å². The first-order valence-corrected chi connectivity index (χ1v) is 8.50. The molecule has 0 unspecified atom stereocenters. The van der Waals surface area contributed by atoms with Gasteiger partial charge < -0.3 is 10.6 Å². The van der Waals surface area contributed by atoms with Gasteiger partial charge in [0.25, 0.3) is 5.91 Å². The van der Waals surface area contributed by atoms with Gasteiger partial charge in [0.05, 0.1) is 5.75 Å². The molecule has 2 N–H and O–H groups in total. The topological polar surface area (TPSA) is 58.2 Å². The van der Waals surface area contributed by atoms with Crippen LogP contribution in [0.4, 0.5) is 0 Å². The number of carbonyl (C=O) groups is 2. The summed E-state index contributed by atoms with van der Waals surface area (Å²) in [6.45, 7) is 0.775. The van der Waals surface area contributed by atoms with E-state index in [1.165, 1.54) is 11.8 Å². The number of hydrogen-bond acceptors (Lipinski definition) is 3. The van der Waals surface area contributed by atoms with E-state index in [0.717, 1.165) is 4.90 Å². The zero-order valence-corrected chi connectivity index (χ0v) is 14.0. The molecule has 0 aliphatic rings. The predicted molar refractivity (Wildman–Crippen MR) is 94.0 cm³/mol. The molecule has 6 heteroatoms. The number of halogens is 1. The molecule has 120 valence electrons. The minimum atomic E-state index is -0.186. The van der Waals surface area contributed by atoms with Crippen LogP contribution < -0.4 is 10.6 Å². The van der Waals surface area contributed by atoms with E-state index in [1.807, 2.05) is 30.3 Å². The normalized spacial score (nSPS) is 10.1. The standard InChI is InChI=1S/C17H17ClN2O2S/c18-14-8-6-13(7-9-14)17(22)20-11-10-19-16(21)12-23-15-4-2-1-3-5-15/h1-9H,10-12H2,(H,19,21)(H,20,22). The lowest BCUT2D eigenvalue weighted by Crippen LogP contribution is -2.35. The van der Waals surface area contributed by atoms with Gasteiger partial charge >= 0.3 is 0 Å². The summed E-state index contributed by atoms with van der Waals surface area (Å²) in [6, 6.07) is 16.4.